The van der Waals surface area contributed by atoms with Crippen LogP contribution in [0.3, 0.4) is 0 Å². The first-order valence-electron chi connectivity index (χ1n) is 8.16. The van der Waals surface area contributed by atoms with E-state index >= 15 is 0 Å². The summed E-state index contributed by atoms with van der Waals surface area (Å²) in [5.74, 6) is 0.714. The Labute approximate surface area is 125 Å². The topological polar surface area (TPSA) is 15.3 Å². The number of nitrogens with zero attached hydrogens (tertiary/aromatic N) is 1. The summed E-state index contributed by atoms with van der Waals surface area (Å²) in [6.45, 7) is 14.5. The van der Waals surface area contributed by atoms with Gasteiger partial charge in [0.2, 0.25) is 0 Å². The van der Waals surface area contributed by atoms with E-state index < -0.39 is 0 Å². The number of rotatable bonds is 10. The molecule has 0 aliphatic rings. The first-order chi connectivity index (χ1) is 9.65. The van der Waals surface area contributed by atoms with Gasteiger partial charge < -0.3 is 5.32 Å². The van der Waals surface area contributed by atoms with E-state index in [0.29, 0.717) is 5.92 Å². The van der Waals surface area contributed by atoms with E-state index in [0.717, 1.165) is 26.2 Å². The highest BCUT2D eigenvalue weighted by molar-refractivity contribution is 5.22. The van der Waals surface area contributed by atoms with Gasteiger partial charge in [-0.25, -0.2) is 0 Å². The summed E-state index contributed by atoms with van der Waals surface area (Å²) in [7, 11) is 0. The minimum Gasteiger partial charge on any atom is -0.312 e. The number of benzene rings is 1. The first-order valence-corrected chi connectivity index (χ1v) is 8.16. The molecule has 1 rings (SSSR count). The molecule has 0 saturated heterocycles. The molecule has 1 aromatic rings. The van der Waals surface area contributed by atoms with E-state index in [1.807, 2.05) is 0 Å². The molecule has 0 fully saturated rings. The van der Waals surface area contributed by atoms with Gasteiger partial charge >= 0.3 is 0 Å². The standard InChI is InChI=1S/C18H32N2/c1-5-7-12-20(6-2)15-18-10-8-17(9-11-18)14-19-13-16(3)4/h8-11,16,19H,5-7,12-15H2,1-4H3. The summed E-state index contributed by atoms with van der Waals surface area (Å²) < 4.78 is 0. The molecule has 20 heavy (non-hydrogen) atoms. The van der Waals surface area contributed by atoms with E-state index in [2.05, 4.69) is 62.2 Å². The van der Waals surface area contributed by atoms with Gasteiger partial charge in [0.25, 0.3) is 0 Å². The fraction of sp³-hybridized carbons (Fsp3) is 0.667. The zero-order valence-corrected chi connectivity index (χ0v) is 13.8. The van der Waals surface area contributed by atoms with Crippen LogP contribution in [-0.4, -0.2) is 24.5 Å². The van der Waals surface area contributed by atoms with Crippen molar-refractivity contribution >= 4 is 0 Å². The highest BCUT2D eigenvalue weighted by atomic mass is 15.1. The average Bonchev–Trinajstić information content (AvgIpc) is 2.44. The van der Waals surface area contributed by atoms with E-state index in [-0.39, 0.29) is 0 Å². The summed E-state index contributed by atoms with van der Waals surface area (Å²) >= 11 is 0. The van der Waals surface area contributed by atoms with Crippen LogP contribution in [0.4, 0.5) is 0 Å². The summed E-state index contributed by atoms with van der Waals surface area (Å²) in [6.07, 6.45) is 2.57. The minimum atomic E-state index is 0.714. The highest BCUT2D eigenvalue weighted by Gasteiger charge is 2.03. The summed E-state index contributed by atoms with van der Waals surface area (Å²) in [5.41, 5.74) is 2.81. The van der Waals surface area contributed by atoms with Gasteiger partial charge in [0.1, 0.15) is 0 Å². The second kappa shape index (κ2) is 9.95. The van der Waals surface area contributed by atoms with Crippen molar-refractivity contribution in [3.63, 3.8) is 0 Å². The van der Waals surface area contributed by atoms with E-state index in [4.69, 9.17) is 0 Å². The number of hydrogen-bond donors (Lipinski definition) is 1. The largest absolute Gasteiger partial charge is 0.312 e. The van der Waals surface area contributed by atoms with E-state index in [9.17, 15) is 0 Å². The van der Waals surface area contributed by atoms with E-state index in [1.54, 1.807) is 0 Å². The summed E-state index contributed by atoms with van der Waals surface area (Å²) in [5, 5.41) is 3.49. The zero-order chi connectivity index (χ0) is 14.8. The van der Waals surface area contributed by atoms with Gasteiger partial charge in [-0.05, 0) is 43.1 Å². The third-order valence-electron chi connectivity index (χ3n) is 3.59. The van der Waals surface area contributed by atoms with Crippen molar-refractivity contribution in [1.82, 2.24) is 10.2 Å². The Morgan fingerprint density at radius 2 is 1.70 bits per heavy atom. The van der Waals surface area contributed by atoms with Crippen LogP contribution in [0.15, 0.2) is 24.3 Å². The fourth-order valence-corrected chi connectivity index (χ4v) is 2.26. The van der Waals surface area contributed by atoms with Gasteiger partial charge in [-0.2, -0.15) is 0 Å². The average molecular weight is 276 g/mol. The van der Waals surface area contributed by atoms with Crippen molar-refractivity contribution in [3.8, 4) is 0 Å². The Bertz CT molecular complexity index is 343. The lowest BCUT2D eigenvalue weighted by Gasteiger charge is -2.20. The Morgan fingerprint density at radius 3 is 2.25 bits per heavy atom. The first kappa shape index (κ1) is 17.2. The second-order valence-corrected chi connectivity index (χ2v) is 6.06. The molecule has 0 aliphatic carbocycles. The van der Waals surface area contributed by atoms with Crippen molar-refractivity contribution in [1.29, 1.82) is 0 Å². The highest BCUT2D eigenvalue weighted by Crippen LogP contribution is 2.08. The van der Waals surface area contributed by atoms with Crippen molar-refractivity contribution in [2.24, 2.45) is 5.92 Å². The lowest BCUT2D eigenvalue weighted by atomic mass is 10.1. The number of unbranched alkanes of at least 4 members (excludes halogenated alkanes) is 1. The fourth-order valence-electron chi connectivity index (χ4n) is 2.26. The second-order valence-electron chi connectivity index (χ2n) is 6.06. The van der Waals surface area contributed by atoms with E-state index in [1.165, 1.54) is 30.5 Å². The summed E-state index contributed by atoms with van der Waals surface area (Å²) in [6, 6.07) is 9.08. The van der Waals surface area contributed by atoms with Gasteiger partial charge in [-0.1, -0.05) is 58.4 Å². The van der Waals surface area contributed by atoms with Gasteiger partial charge in [-0.3, -0.25) is 4.90 Å². The van der Waals surface area contributed by atoms with Gasteiger partial charge in [-0.15, -0.1) is 0 Å². The van der Waals surface area contributed by atoms with Gasteiger partial charge in [0, 0.05) is 13.1 Å². The molecule has 0 amide bonds. The molecular formula is C18H32N2. The lowest BCUT2D eigenvalue weighted by Crippen LogP contribution is -2.24. The maximum absolute atomic E-state index is 3.49. The Balaban J connectivity index is 2.40. The SMILES string of the molecule is CCCCN(CC)Cc1ccc(CNCC(C)C)cc1. The molecule has 1 N–H and O–H groups in total. The maximum Gasteiger partial charge on any atom is 0.0233 e. The molecule has 0 heterocycles. The number of hydrogen-bond acceptors (Lipinski definition) is 2. The molecule has 114 valence electrons. The Morgan fingerprint density at radius 1 is 1.05 bits per heavy atom. The molecule has 0 spiro atoms. The third-order valence-corrected chi connectivity index (χ3v) is 3.59. The molecular weight excluding hydrogens is 244 g/mol. The molecule has 0 atom stereocenters. The van der Waals surface area contributed by atoms with Crippen LogP contribution in [0.2, 0.25) is 0 Å². The van der Waals surface area contributed by atoms with Crippen molar-refractivity contribution in [3.05, 3.63) is 35.4 Å². The molecule has 2 heteroatoms. The third kappa shape index (κ3) is 7.06. The van der Waals surface area contributed by atoms with Gasteiger partial charge in [0.05, 0.1) is 0 Å². The van der Waals surface area contributed by atoms with Crippen molar-refractivity contribution < 1.29 is 0 Å². The molecule has 0 unspecified atom stereocenters. The molecule has 1 aromatic carbocycles. The minimum absolute atomic E-state index is 0.714. The van der Waals surface area contributed by atoms with Crippen LogP contribution in [0.25, 0.3) is 0 Å². The normalized spacial score (nSPS) is 11.5. The van der Waals surface area contributed by atoms with Crippen molar-refractivity contribution in [2.45, 2.75) is 53.6 Å². The van der Waals surface area contributed by atoms with Crippen molar-refractivity contribution in [2.75, 3.05) is 19.6 Å². The molecule has 0 saturated carbocycles. The van der Waals surface area contributed by atoms with Crippen LogP contribution in [0.5, 0.6) is 0 Å². The van der Waals surface area contributed by atoms with Crippen LogP contribution >= 0.6 is 0 Å². The van der Waals surface area contributed by atoms with Gasteiger partial charge in [0.15, 0.2) is 0 Å². The summed E-state index contributed by atoms with van der Waals surface area (Å²) in [4.78, 5) is 2.52. The Kier molecular flexibility index (Phi) is 8.56. The number of nitrogens with one attached hydrogen (secondary N) is 1. The quantitative estimate of drug-likeness (QED) is 0.693. The van der Waals surface area contributed by atoms with Crippen LogP contribution in [-0.2, 0) is 13.1 Å². The Hall–Kier alpha value is -0.860. The molecule has 0 aromatic heterocycles. The van der Waals surface area contributed by atoms with Crippen LogP contribution in [0, 0.1) is 5.92 Å². The predicted octanol–water partition coefficient (Wildman–Crippen LogP) is 4.05. The zero-order valence-electron chi connectivity index (χ0n) is 13.8. The predicted molar refractivity (Wildman–Crippen MR) is 88.8 cm³/mol. The van der Waals surface area contributed by atoms with Crippen LogP contribution < -0.4 is 5.32 Å². The molecule has 2 nitrogen and oxygen atoms in total. The van der Waals surface area contributed by atoms with Crippen LogP contribution in [0.1, 0.15) is 51.7 Å². The monoisotopic (exact) mass is 276 g/mol. The molecule has 0 aliphatic heterocycles. The molecule has 0 radical (unpaired) electrons. The molecule has 0 bridgehead atoms. The lowest BCUT2D eigenvalue weighted by molar-refractivity contribution is 0.275. The smallest absolute Gasteiger partial charge is 0.0233 e. The maximum atomic E-state index is 3.49.